The summed E-state index contributed by atoms with van der Waals surface area (Å²) < 4.78 is 0. The average molecular weight is 257 g/mol. The van der Waals surface area contributed by atoms with Gasteiger partial charge in [0, 0.05) is 24.8 Å². The van der Waals surface area contributed by atoms with Crippen LogP contribution in [-0.2, 0) is 6.54 Å². The molecule has 0 aliphatic heterocycles. The second-order valence-electron chi connectivity index (χ2n) is 4.24. The molecule has 5 heteroatoms. The Morgan fingerprint density at radius 1 is 1.11 bits per heavy atom. The van der Waals surface area contributed by atoms with E-state index in [0.717, 1.165) is 35.9 Å². The summed E-state index contributed by atoms with van der Waals surface area (Å²) in [5.41, 5.74) is 7.66. The molecule has 0 saturated carbocycles. The lowest BCUT2D eigenvalue weighted by atomic mass is 10.2. The fourth-order valence-corrected chi connectivity index (χ4v) is 1.65. The number of hydrogen-bond donors (Lipinski definition) is 3. The second kappa shape index (κ2) is 6.70. The number of nitrogens with one attached hydrogen (secondary N) is 2. The van der Waals surface area contributed by atoms with E-state index >= 15 is 0 Å². The van der Waals surface area contributed by atoms with E-state index in [1.54, 1.807) is 6.33 Å². The molecule has 0 radical (unpaired) electrons. The van der Waals surface area contributed by atoms with Gasteiger partial charge in [0.15, 0.2) is 0 Å². The van der Waals surface area contributed by atoms with Crippen LogP contribution in [0.5, 0.6) is 0 Å². The minimum atomic E-state index is 0.554. The largest absolute Gasteiger partial charge is 0.370 e. The van der Waals surface area contributed by atoms with Gasteiger partial charge in [0.05, 0.1) is 0 Å². The normalized spacial score (nSPS) is 10.2. The Balaban J connectivity index is 2.05. The number of nitrogens with two attached hydrogens (primary N) is 1. The number of benzene rings is 1. The predicted molar refractivity (Wildman–Crippen MR) is 78.4 cm³/mol. The molecule has 1 heterocycles. The molecule has 0 aliphatic carbocycles. The van der Waals surface area contributed by atoms with Gasteiger partial charge in [-0.3, -0.25) is 0 Å². The molecular weight excluding hydrogens is 238 g/mol. The lowest BCUT2D eigenvalue weighted by Gasteiger charge is -2.08. The fraction of sp³-hybridized carbons (Fsp3) is 0.286. The van der Waals surface area contributed by atoms with E-state index in [4.69, 9.17) is 5.73 Å². The molecule has 0 saturated heterocycles. The van der Waals surface area contributed by atoms with Gasteiger partial charge < -0.3 is 16.4 Å². The van der Waals surface area contributed by atoms with Crippen LogP contribution in [0.2, 0.25) is 0 Å². The summed E-state index contributed by atoms with van der Waals surface area (Å²) in [6, 6.07) is 9.87. The van der Waals surface area contributed by atoms with Crippen LogP contribution in [0.25, 0.3) is 0 Å². The van der Waals surface area contributed by atoms with Crippen molar-refractivity contribution in [2.24, 2.45) is 5.73 Å². The Labute approximate surface area is 113 Å². The van der Waals surface area contributed by atoms with Crippen LogP contribution in [0.3, 0.4) is 0 Å². The van der Waals surface area contributed by atoms with Crippen LogP contribution in [0.4, 0.5) is 17.3 Å². The van der Waals surface area contributed by atoms with E-state index in [-0.39, 0.29) is 0 Å². The van der Waals surface area contributed by atoms with Gasteiger partial charge in [-0.1, -0.05) is 19.1 Å². The average Bonchev–Trinajstić information content (AvgIpc) is 2.46. The number of nitrogens with zero attached hydrogens (tertiary/aromatic N) is 2. The monoisotopic (exact) mass is 257 g/mol. The molecule has 4 N–H and O–H groups in total. The standard InChI is InChI=1S/C14H19N5/c1-2-7-16-13-8-14(18-10-17-13)19-12-5-3-11(9-15)4-6-12/h3-6,8,10H,2,7,9,15H2,1H3,(H2,16,17,18,19). The zero-order valence-corrected chi connectivity index (χ0v) is 11.1. The molecule has 1 aromatic carbocycles. The van der Waals surface area contributed by atoms with Crippen LogP contribution in [0.1, 0.15) is 18.9 Å². The molecule has 0 bridgehead atoms. The molecule has 0 unspecified atom stereocenters. The number of hydrogen-bond acceptors (Lipinski definition) is 5. The number of anilines is 3. The van der Waals surface area contributed by atoms with Crippen molar-refractivity contribution in [1.82, 2.24) is 9.97 Å². The van der Waals surface area contributed by atoms with Gasteiger partial charge in [0.2, 0.25) is 0 Å². The van der Waals surface area contributed by atoms with E-state index in [1.807, 2.05) is 30.3 Å². The topological polar surface area (TPSA) is 75.9 Å². The van der Waals surface area contributed by atoms with E-state index in [2.05, 4.69) is 27.5 Å². The van der Waals surface area contributed by atoms with E-state index < -0.39 is 0 Å². The molecule has 5 nitrogen and oxygen atoms in total. The zero-order chi connectivity index (χ0) is 13.5. The maximum Gasteiger partial charge on any atom is 0.135 e. The van der Waals surface area contributed by atoms with Gasteiger partial charge in [-0.05, 0) is 24.1 Å². The lowest BCUT2D eigenvalue weighted by Crippen LogP contribution is -2.03. The molecule has 0 atom stereocenters. The first kappa shape index (κ1) is 13.3. The summed E-state index contributed by atoms with van der Waals surface area (Å²) in [5.74, 6) is 1.60. The van der Waals surface area contributed by atoms with E-state index in [1.165, 1.54) is 0 Å². The quantitative estimate of drug-likeness (QED) is 0.741. The van der Waals surface area contributed by atoms with Gasteiger partial charge in [0.1, 0.15) is 18.0 Å². The third-order valence-corrected chi connectivity index (χ3v) is 2.69. The predicted octanol–water partition coefficient (Wildman–Crippen LogP) is 2.50. The summed E-state index contributed by atoms with van der Waals surface area (Å²) in [4.78, 5) is 8.37. The SMILES string of the molecule is CCCNc1cc(Nc2ccc(CN)cc2)ncn1. The van der Waals surface area contributed by atoms with Crippen molar-refractivity contribution in [3.8, 4) is 0 Å². The summed E-state index contributed by atoms with van der Waals surface area (Å²) in [5, 5.41) is 6.47. The summed E-state index contributed by atoms with van der Waals surface area (Å²) in [7, 11) is 0. The fourth-order valence-electron chi connectivity index (χ4n) is 1.65. The molecule has 2 rings (SSSR count). The van der Waals surface area contributed by atoms with Crippen LogP contribution >= 0.6 is 0 Å². The van der Waals surface area contributed by atoms with E-state index in [0.29, 0.717) is 6.54 Å². The highest BCUT2D eigenvalue weighted by Crippen LogP contribution is 2.16. The molecule has 100 valence electrons. The number of rotatable bonds is 6. The van der Waals surface area contributed by atoms with Crippen molar-refractivity contribution in [3.05, 3.63) is 42.2 Å². The van der Waals surface area contributed by atoms with Crippen LogP contribution in [-0.4, -0.2) is 16.5 Å². The third kappa shape index (κ3) is 3.93. The molecule has 2 aromatic rings. The van der Waals surface area contributed by atoms with Crippen LogP contribution < -0.4 is 16.4 Å². The number of aromatic nitrogens is 2. The maximum atomic E-state index is 5.57. The highest BCUT2D eigenvalue weighted by atomic mass is 15.1. The van der Waals surface area contributed by atoms with Crippen molar-refractivity contribution in [2.45, 2.75) is 19.9 Å². The second-order valence-corrected chi connectivity index (χ2v) is 4.24. The van der Waals surface area contributed by atoms with Gasteiger partial charge in [-0.2, -0.15) is 0 Å². The smallest absolute Gasteiger partial charge is 0.135 e. The van der Waals surface area contributed by atoms with Gasteiger partial charge >= 0.3 is 0 Å². The van der Waals surface area contributed by atoms with Crippen molar-refractivity contribution in [3.63, 3.8) is 0 Å². The van der Waals surface area contributed by atoms with Crippen LogP contribution in [0.15, 0.2) is 36.7 Å². The summed E-state index contributed by atoms with van der Waals surface area (Å²) in [6.07, 6.45) is 2.61. The van der Waals surface area contributed by atoms with Gasteiger partial charge in [-0.15, -0.1) is 0 Å². The minimum absolute atomic E-state index is 0.554. The molecule has 0 aliphatic rings. The molecule has 0 fully saturated rings. The van der Waals surface area contributed by atoms with Crippen LogP contribution in [0, 0.1) is 0 Å². The maximum absolute atomic E-state index is 5.57. The Hall–Kier alpha value is -2.14. The van der Waals surface area contributed by atoms with Gasteiger partial charge in [0.25, 0.3) is 0 Å². The Kier molecular flexibility index (Phi) is 4.69. The molecule has 19 heavy (non-hydrogen) atoms. The summed E-state index contributed by atoms with van der Waals surface area (Å²) in [6.45, 7) is 3.58. The van der Waals surface area contributed by atoms with E-state index in [9.17, 15) is 0 Å². The highest BCUT2D eigenvalue weighted by molar-refractivity contribution is 5.59. The Bertz CT molecular complexity index is 509. The highest BCUT2D eigenvalue weighted by Gasteiger charge is 1.99. The van der Waals surface area contributed by atoms with Crippen molar-refractivity contribution in [1.29, 1.82) is 0 Å². The first-order valence-corrected chi connectivity index (χ1v) is 6.43. The third-order valence-electron chi connectivity index (χ3n) is 2.69. The molecule has 0 amide bonds. The van der Waals surface area contributed by atoms with Crippen molar-refractivity contribution < 1.29 is 0 Å². The Morgan fingerprint density at radius 2 is 1.84 bits per heavy atom. The first-order valence-electron chi connectivity index (χ1n) is 6.43. The Morgan fingerprint density at radius 3 is 2.53 bits per heavy atom. The first-order chi connectivity index (χ1) is 9.31. The lowest BCUT2D eigenvalue weighted by molar-refractivity contribution is 0.965. The zero-order valence-electron chi connectivity index (χ0n) is 11.1. The van der Waals surface area contributed by atoms with Crippen molar-refractivity contribution in [2.75, 3.05) is 17.2 Å². The van der Waals surface area contributed by atoms with Crippen molar-refractivity contribution >= 4 is 17.3 Å². The molecule has 0 spiro atoms. The minimum Gasteiger partial charge on any atom is -0.370 e. The van der Waals surface area contributed by atoms with Gasteiger partial charge in [-0.25, -0.2) is 9.97 Å². The molecular formula is C14H19N5. The molecule has 1 aromatic heterocycles. The summed E-state index contributed by atoms with van der Waals surface area (Å²) >= 11 is 0.